The lowest BCUT2D eigenvalue weighted by molar-refractivity contribution is 0.000659. The summed E-state index contributed by atoms with van der Waals surface area (Å²) in [5.41, 5.74) is 1.21. The molecular formula is C11H19NO. The Hall–Kier alpha value is -0.760. The van der Waals surface area contributed by atoms with E-state index in [1.807, 2.05) is 12.2 Å². The van der Waals surface area contributed by atoms with Crippen molar-refractivity contribution in [1.82, 2.24) is 5.32 Å². The first-order chi connectivity index (χ1) is 6.36. The predicted molar refractivity (Wildman–Crippen MR) is 55.3 cm³/mol. The van der Waals surface area contributed by atoms with E-state index in [4.69, 9.17) is 4.74 Å². The van der Waals surface area contributed by atoms with E-state index < -0.39 is 0 Å². The Morgan fingerprint density at radius 2 is 2.46 bits per heavy atom. The van der Waals surface area contributed by atoms with Crippen molar-refractivity contribution in [3.63, 3.8) is 0 Å². The van der Waals surface area contributed by atoms with E-state index in [1.54, 1.807) is 0 Å². The minimum absolute atomic E-state index is 0.222. The second-order valence-electron chi connectivity index (χ2n) is 3.28. The van der Waals surface area contributed by atoms with Gasteiger partial charge in [0.05, 0.1) is 0 Å². The molecule has 2 nitrogen and oxygen atoms in total. The van der Waals surface area contributed by atoms with Crippen molar-refractivity contribution in [1.29, 1.82) is 0 Å². The molecule has 1 aliphatic rings. The standard InChI is InChI=1S/C11H19NO/c1-3-7-10(4-2)12-11-8-5-6-9-13-11/h3,7,11-12H,1,4-6,8-9H2,2H3/b10-7+. The Labute approximate surface area is 80.7 Å². The quantitative estimate of drug-likeness (QED) is 0.673. The van der Waals surface area contributed by atoms with Gasteiger partial charge in [-0.05, 0) is 31.8 Å². The zero-order valence-corrected chi connectivity index (χ0v) is 8.38. The monoisotopic (exact) mass is 181 g/mol. The lowest BCUT2D eigenvalue weighted by atomic mass is 10.2. The fourth-order valence-corrected chi connectivity index (χ4v) is 1.47. The summed E-state index contributed by atoms with van der Waals surface area (Å²) in [4.78, 5) is 0. The van der Waals surface area contributed by atoms with Gasteiger partial charge >= 0.3 is 0 Å². The maximum Gasteiger partial charge on any atom is 0.127 e. The van der Waals surface area contributed by atoms with E-state index >= 15 is 0 Å². The van der Waals surface area contributed by atoms with E-state index in [-0.39, 0.29) is 6.23 Å². The number of hydrogen-bond acceptors (Lipinski definition) is 2. The van der Waals surface area contributed by atoms with Crippen LogP contribution < -0.4 is 5.32 Å². The van der Waals surface area contributed by atoms with E-state index in [1.165, 1.54) is 18.5 Å². The van der Waals surface area contributed by atoms with Crippen molar-refractivity contribution < 1.29 is 4.74 Å². The second kappa shape index (κ2) is 5.81. The molecule has 1 aliphatic heterocycles. The molecule has 2 heteroatoms. The predicted octanol–water partition coefficient (Wildman–Crippen LogP) is 2.58. The first kappa shape index (κ1) is 10.3. The van der Waals surface area contributed by atoms with Crippen LogP contribution in [0.2, 0.25) is 0 Å². The summed E-state index contributed by atoms with van der Waals surface area (Å²) < 4.78 is 5.57. The van der Waals surface area contributed by atoms with E-state index in [2.05, 4.69) is 18.8 Å². The fourth-order valence-electron chi connectivity index (χ4n) is 1.47. The van der Waals surface area contributed by atoms with Crippen LogP contribution >= 0.6 is 0 Å². The summed E-state index contributed by atoms with van der Waals surface area (Å²) in [5, 5.41) is 3.37. The van der Waals surface area contributed by atoms with E-state index in [0.717, 1.165) is 19.4 Å². The van der Waals surface area contributed by atoms with Gasteiger partial charge in [0, 0.05) is 12.3 Å². The van der Waals surface area contributed by atoms with Crippen molar-refractivity contribution >= 4 is 0 Å². The lowest BCUT2D eigenvalue weighted by Gasteiger charge is -2.25. The minimum atomic E-state index is 0.222. The maximum absolute atomic E-state index is 5.57. The molecule has 1 N–H and O–H groups in total. The molecule has 1 heterocycles. The van der Waals surface area contributed by atoms with Gasteiger partial charge in [0.25, 0.3) is 0 Å². The Morgan fingerprint density at radius 1 is 1.62 bits per heavy atom. The van der Waals surface area contributed by atoms with Gasteiger partial charge in [0.15, 0.2) is 0 Å². The molecule has 0 radical (unpaired) electrons. The molecule has 1 fully saturated rings. The third-order valence-electron chi connectivity index (χ3n) is 2.23. The topological polar surface area (TPSA) is 21.3 Å². The van der Waals surface area contributed by atoms with E-state index in [9.17, 15) is 0 Å². The molecule has 1 rings (SSSR count). The van der Waals surface area contributed by atoms with Gasteiger partial charge in [0.1, 0.15) is 6.23 Å². The molecule has 0 aromatic carbocycles. The molecule has 0 saturated carbocycles. The molecule has 0 aliphatic carbocycles. The van der Waals surface area contributed by atoms with Crippen LogP contribution in [0.25, 0.3) is 0 Å². The van der Waals surface area contributed by atoms with Crippen molar-refractivity contribution in [3.8, 4) is 0 Å². The summed E-state index contributed by atoms with van der Waals surface area (Å²) in [6, 6.07) is 0. The molecular weight excluding hydrogens is 162 g/mol. The van der Waals surface area contributed by atoms with Crippen LogP contribution in [0, 0.1) is 0 Å². The van der Waals surface area contributed by atoms with Crippen LogP contribution in [0.5, 0.6) is 0 Å². The van der Waals surface area contributed by atoms with Crippen molar-refractivity contribution in [2.45, 2.75) is 38.8 Å². The summed E-state index contributed by atoms with van der Waals surface area (Å²) in [6.07, 6.45) is 8.64. The maximum atomic E-state index is 5.57. The number of nitrogens with one attached hydrogen (secondary N) is 1. The van der Waals surface area contributed by atoms with Crippen molar-refractivity contribution in [2.75, 3.05) is 6.61 Å². The highest BCUT2D eigenvalue weighted by Gasteiger charge is 2.12. The average Bonchev–Trinajstić information content (AvgIpc) is 2.19. The highest BCUT2D eigenvalue weighted by atomic mass is 16.5. The van der Waals surface area contributed by atoms with Crippen LogP contribution in [-0.2, 0) is 4.74 Å². The largest absolute Gasteiger partial charge is 0.364 e. The molecule has 1 atom stereocenters. The Balaban J connectivity index is 2.35. The Kier molecular flexibility index (Phi) is 4.61. The van der Waals surface area contributed by atoms with Crippen molar-refractivity contribution in [2.24, 2.45) is 0 Å². The minimum Gasteiger partial charge on any atom is -0.364 e. The third-order valence-corrected chi connectivity index (χ3v) is 2.23. The first-order valence-corrected chi connectivity index (χ1v) is 5.06. The molecule has 0 aromatic rings. The average molecular weight is 181 g/mol. The van der Waals surface area contributed by atoms with Crippen LogP contribution in [-0.4, -0.2) is 12.8 Å². The van der Waals surface area contributed by atoms with Crippen LogP contribution in [0.15, 0.2) is 24.4 Å². The fraction of sp³-hybridized carbons (Fsp3) is 0.636. The number of allylic oxidation sites excluding steroid dienone is 3. The van der Waals surface area contributed by atoms with Gasteiger partial charge in [0.2, 0.25) is 0 Å². The lowest BCUT2D eigenvalue weighted by Crippen LogP contribution is -2.33. The summed E-state index contributed by atoms with van der Waals surface area (Å²) in [6.45, 7) is 6.71. The molecule has 13 heavy (non-hydrogen) atoms. The van der Waals surface area contributed by atoms with Crippen LogP contribution in [0.1, 0.15) is 32.6 Å². The molecule has 74 valence electrons. The smallest absolute Gasteiger partial charge is 0.127 e. The third kappa shape index (κ3) is 3.64. The SMILES string of the molecule is C=C/C=C(\CC)NC1CCCCO1. The van der Waals surface area contributed by atoms with Gasteiger partial charge in [-0.2, -0.15) is 0 Å². The van der Waals surface area contributed by atoms with Gasteiger partial charge in [-0.25, -0.2) is 0 Å². The molecule has 0 amide bonds. The molecule has 0 spiro atoms. The van der Waals surface area contributed by atoms with Gasteiger partial charge < -0.3 is 10.1 Å². The Morgan fingerprint density at radius 3 is 3.00 bits per heavy atom. The molecule has 1 unspecified atom stereocenters. The highest BCUT2D eigenvalue weighted by Crippen LogP contribution is 2.12. The van der Waals surface area contributed by atoms with Crippen molar-refractivity contribution in [3.05, 3.63) is 24.4 Å². The summed E-state index contributed by atoms with van der Waals surface area (Å²) in [5.74, 6) is 0. The number of hydrogen-bond donors (Lipinski definition) is 1. The van der Waals surface area contributed by atoms with Crippen LogP contribution in [0.4, 0.5) is 0 Å². The molecule has 0 bridgehead atoms. The molecule has 0 aromatic heterocycles. The number of rotatable bonds is 4. The highest BCUT2D eigenvalue weighted by molar-refractivity contribution is 5.08. The summed E-state index contributed by atoms with van der Waals surface area (Å²) in [7, 11) is 0. The summed E-state index contributed by atoms with van der Waals surface area (Å²) >= 11 is 0. The first-order valence-electron chi connectivity index (χ1n) is 5.06. The normalized spacial score (nSPS) is 24.1. The second-order valence-corrected chi connectivity index (χ2v) is 3.28. The van der Waals surface area contributed by atoms with Gasteiger partial charge in [-0.15, -0.1) is 0 Å². The van der Waals surface area contributed by atoms with Crippen LogP contribution in [0.3, 0.4) is 0 Å². The van der Waals surface area contributed by atoms with Gasteiger partial charge in [-0.1, -0.05) is 19.6 Å². The zero-order chi connectivity index (χ0) is 9.52. The zero-order valence-electron chi connectivity index (χ0n) is 8.38. The number of ether oxygens (including phenoxy) is 1. The Bertz CT molecular complexity index is 181. The van der Waals surface area contributed by atoms with E-state index in [0.29, 0.717) is 0 Å². The van der Waals surface area contributed by atoms with Gasteiger partial charge in [-0.3, -0.25) is 0 Å². The molecule has 1 saturated heterocycles.